The molecule has 0 fully saturated rings. The van der Waals surface area contributed by atoms with Gasteiger partial charge in [-0.3, -0.25) is 4.79 Å². The van der Waals surface area contributed by atoms with E-state index in [1.807, 2.05) is 18.2 Å². The van der Waals surface area contributed by atoms with Gasteiger partial charge in [-0.15, -0.1) is 10.2 Å². The molecule has 5 nitrogen and oxygen atoms in total. The van der Waals surface area contributed by atoms with Crippen molar-refractivity contribution in [2.75, 3.05) is 16.8 Å². The molecule has 0 spiro atoms. The minimum atomic E-state index is -0.356. The molecule has 2 heterocycles. The van der Waals surface area contributed by atoms with Gasteiger partial charge >= 0.3 is 0 Å². The van der Waals surface area contributed by atoms with Crippen LogP contribution in [0.2, 0.25) is 0 Å². The van der Waals surface area contributed by atoms with Gasteiger partial charge in [0.15, 0.2) is 11.6 Å². The van der Waals surface area contributed by atoms with Crippen molar-refractivity contribution in [2.45, 2.75) is 12.8 Å². The van der Waals surface area contributed by atoms with Crippen LogP contribution in [0, 0.1) is 5.82 Å². The zero-order valence-corrected chi connectivity index (χ0v) is 14.0. The standard InChI is InChI=1S/C20H17FN4O/c21-16-6-3-4-14(12-16)13-20(26)22-18-8-9-19(24-23-18)25-11-10-15-5-1-2-7-17(15)25/h1-9,12H,10-11,13H2,(H,22,23,26). The average molecular weight is 348 g/mol. The first kappa shape index (κ1) is 16.2. The summed E-state index contributed by atoms with van der Waals surface area (Å²) in [5.74, 6) is 0.509. The van der Waals surface area contributed by atoms with Gasteiger partial charge < -0.3 is 10.2 Å². The molecule has 0 atom stereocenters. The number of fused-ring (bicyclic) bond motifs is 1. The monoisotopic (exact) mass is 348 g/mol. The second-order valence-corrected chi connectivity index (χ2v) is 6.16. The van der Waals surface area contributed by atoms with Crippen LogP contribution in [-0.4, -0.2) is 22.6 Å². The predicted molar refractivity (Wildman–Crippen MR) is 97.9 cm³/mol. The SMILES string of the molecule is O=C(Cc1cccc(F)c1)Nc1ccc(N2CCc3ccccc32)nn1. The number of para-hydroxylation sites is 1. The maximum absolute atomic E-state index is 13.2. The van der Waals surface area contributed by atoms with E-state index in [-0.39, 0.29) is 18.1 Å². The highest BCUT2D eigenvalue weighted by molar-refractivity contribution is 5.91. The van der Waals surface area contributed by atoms with Gasteiger partial charge in [-0.25, -0.2) is 4.39 Å². The maximum atomic E-state index is 13.2. The lowest BCUT2D eigenvalue weighted by Gasteiger charge is -2.17. The molecule has 2 aromatic carbocycles. The first-order valence-corrected chi connectivity index (χ1v) is 8.42. The molecule has 6 heteroatoms. The lowest BCUT2D eigenvalue weighted by molar-refractivity contribution is -0.115. The van der Waals surface area contributed by atoms with Crippen molar-refractivity contribution in [3.8, 4) is 0 Å². The number of hydrogen-bond donors (Lipinski definition) is 1. The molecule has 26 heavy (non-hydrogen) atoms. The Morgan fingerprint density at radius 2 is 1.96 bits per heavy atom. The van der Waals surface area contributed by atoms with E-state index < -0.39 is 0 Å². The number of hydrogen-bond acceptors (Lipinski definition) is 4. The Kier molecular flexibility index (Phi) is 4.31. The normalized spacial score (nSPS) is 12.7. The van der Waals surface area contributed by atoms with Crippen molar-refractivity contribution in [1.82, 2.24) is 10.2 Å². The number of carbonyl (C=O) groups is 1. The molecular formula is C20H17FN4O. The number of amides is 1. The van der Waals surface area contributed by atoms with Gasteiger partial charge in [0.05, 0.1) is 6.42 Å². The van der Waals surface area contributed by atoms with Gasteiger partial charge in [-0.2, -0.15) is 0 Å². The summed E-state index contributed by atoms with van der Waals surface area (Å²) in [4.78, 5) is 14.2. The highest BCUT2D eigenvalue weighted by Crippen LogP contribution is 2.32. The van der Waals surface area contributed by atoms with Gasteiger partial charge in [-0.1, -0.05) is 30.3 Å². The Morgan fingerprint density at radius 1 is 1.08 bits per heavy atom. The minimum Gasteiger partial charge on any atom is -0.324 e. The van der Waals surface area contributed by atoms with Crippen LogP contribution < -0.4 is 10.2 Å². The van der Waals surface area contributed by atoms with Crippen molar-refractivity contribution < 1.29 is 9.18 Å². The smallest absolute Gasteiger partial charge is 0.229 e. The number of nitrogens with one attached hydrogen (secondary N) is 1. The molecule has 0 saturated heterocycles. The van der Waals surface area contributed by atoms with Crippen LogP contribution in [0.3, 0.4) is 0 Å². The Bertz CT molecular complexity index is 943. The number of anilines is 3. The van der Waals surface area contributed by atoms with Crippen LogP contribution in [0.25, 0.3) is 0 Å². The molecule has 3 aromatic rings. The van der Waals surface area contributed by atoms with Gasteiger partial charge in [0.2, 0.25) is 5.91 Å². The van der Waals surface area contributed by atoms with Crippen LogP contribution in [0.5, 0.6) is 0 Å². The molecule has 4 rings (SSSR count). The third kappa shape index (κ3) is 3.39. The predicted octanol–water partition coefficient (Wildman–Crippen LogP) is 3.49. The first-order valence-electron chi connectivity index (χ1n) is 8.42. The molecule has 0 bridgehead atoms. The van der Waals surface area contributed by atoms with Gasteiger partial charge in [0.25, 0.3) is 0 Å². The van der Waals surface area contributed by atoms with E-state index in [1.165, 1.54) is 17.7 Å². The van der Waals surface area contributed by atoms with Crippen molar-refractivity contribution >= 4 is 23.2 Å². The third-order valence-corrected chi connectivity index (χ3v) is 4.34. The van der Waals surface area contributed by atoms with Crippen LogP contribution in [0.4, 0.5) is 21.7 Å². The second kappa shape index (κ2) is 6.92. The summed E-state index contributed by atoms with van der Waals surface area (Å²) >= 11 is 0. The largest absolute Gasteiger partial charge is 0.324 e. The van der Waals surface area contributed by atoms with Crippen LogP contribution in [0.1, 0.15) is 11.1 Å². The molecule has 0 radical (unpaired) electrons. The van der Waals surface area contributed by atoms with E-state index in [1.54, 1.807) is 18.2 Å². The Hall–Kier alpha value is -3.28. The van der Waals surface area contributed by atoms with Crippen LogP contribution in [-0.2, 0) is 17.6 Å². The summed E-state index contributed by atoms with van der Waals surface area (Å²) in [5.41, 5.74) is 3.05. The molecule has 1 aromatic heterocycles. The van der Waals surface area contributed by atoms with Crippen LogP contribution in [0.15, 0.2) is 60.7 Å². The van der Waals surface area contributed by atoms with Gasteiger partial charge in [0, 0.05) is 12.2 Å². The average Bonchev–Trinajstić information content (AvgIpc) is 3.06. The summed E-state index contributed by atoms with van der Waals surface area (Å²) in [5, 5.41) is 11.0. The molecule has 1 amide bonds. The fourth-order valence-corrected chi connectivity index (χ4v) is 3.13. The fraction of sp³-hybridized carbons (Fsp3) is 0.150. The number of halogens is 1. The quantitative estimate of drug-likeness (QED) is 0.784. The Balaban J connectivity index is 1.43. The molecule has 1 aliphatic rings. The molecule has 0 unspecified atom stereocenters. The zero-order valence-electron chi connectivity index (χ0n) is 14.0. The van der Waals surface area contributed by atoms with E-state index in [0.717, 1.165) is 24.5 Å². The highest BCUT2D eigenvalue weighted by atomic mass is 19.1. The summed E-state index contributed by atoms with van der Waals surface area (Å²) < 4.78 is 13.2. The summed E-state index contributed by atoms with van der Waals surface area (Å²) in [6.45, 7) is 0.860. The number of benzene rings is 2. The van der Waals surface area contributed by atoms with E-state index in [0.29, 0.717) is 11.4 Å². The third-order valence-electron chi connectivity index (χ3n) is 4.34. The molecule has 0 aliphatic carbocycles. The molecule has 1 aliphatic heterocycles. The molecular weight excluding hydrogens is 331 g/mol. The van der Waals surface area contributed by atoms with Gasteiger partial charge in [0.1, 0.15) is 5.82 Å². The lowest BCUT2D eigenvalue weighted by atomic mass is 10.1. The van der Waals surface area contributed by atoms with Crippen molar-refractivity contribution in [2.24, 2.45) is 0 Å². The summed E-state index contributed by atoms with van der Waals surface area (Å²) in [6.07, 6.45) is 1.06. The van der Waals surface area contributed by atoms with Crippen LogP contribution >= 0.6 is 0 Å². The number of nitrogens with zero attached hydrogens (tertiary/aromatic N) is 3. The maximum Gasteiger partial charge on any atom is 0.229 e. The van der Waals surface area contributed by atoms with E-state index in [4.69, 9.17) is 0 Å². The Morgan fingerprint density at radius 3 is 2.77 bits per heavy atom. The van der Waals surface area contributed by atoms with E-state index in [2.05, 4.69) is 32.5 Å². The highest BCUT2D eigenvalue weighted by Gasteiger charge is 2.21. The van der Waals surface area contributed by atoms with Crippen molar-refractivity contribution in [3.05, 3.63) is 77.6 Å². The zero-order chi connectivity index (χ0) is 17.9. The summed E-state index contributed by atoms with van der Waals surface area (Å²) in [7, 11) is 0. The number of rotatable bonds is 4. The van der Waals surface area contributed by atoms with Gasteiger partial charge in [-0.05, 0) is 47.9 Å². The minimum absolute atomic E-state index is 0.0840. The van der Waals surface area contributed by atoms with E-state index >= 15 is 0 Å². The fourth-order valence-electron chi connectivity index (χ4n) is 3.13. The summed E-state index contributed by atoms with van der Waals surface area (Å²) in [6, 6.07) is 17.8. The van der Waals surface area contributed by atoms with Crippen molar-refractivity contribution in [1.29, 1.82) is 0 Å². The molecule has 130 valence electrons. The molecule has 1 N–H and O–H groups in total. The van der Waals surface area contributed by atoms with E-state index in [9.17, 15) is 9.18 Å². The number of aromatic nitrogens is 2. The first-order chi connectivity index (χ1) is 12.7. The molecule has 0 saturated carbocycles. The second-order valence-electron chi connectivity index (χ2n) is 6.16. The number of carbonyl (C=O) groups excluding carboxylic acids is 1. The topological polar surface area (TPSA) is 58.1 Å². The lowest BCUT2D eigenvalue weighted by Crippen LogP contribution is -2.18. The van der Waals surface area contributed by atoms with Crippen molar-refractivity contribution in [3.63, 3.8) is 0 Å². The Labute approximate surface area is 150 Å².